The third kappa shape index (κ3) is 4.57. The number of ether oxygens (including phenoxy) is 3. The van der Waals surface area contributed by atoms with E-state index in [0.717, 1.165) is 4.90 Å². The fraction of sp³-hybridized carbons (Fsp3) is 0.238. The van der Waals surface area contributed by atoms with E-state index >= 15 is 0 Å². The van der Waals surface area contributed by atoms with Gasteiger partial charge in [-0.3, -0.25) is 19.3 Å². The molecule has 3 rings (SSSR count). The lowest BCUT2D eigenvalue weighted by atomic mass is 10.2. The zero-order valence-corrected chi connectivity index (χ0v) is 16.5. The second-order valence-corrected chi connectivity index (χ2v) is 6.36. The molecule has 9 nitrogen and oxygen atoms in total. The summed E-state index contributed by atoms with van der Waals surface area (Å²) >= 11 is 0. The number of carbonyl (C=O) groups is 4. The van der Waals surface area contributed by atoms with Crippen LogP contribution < -0.4 is 19.7 Å². The van der Waals surface area contributed by atoms with E-state index in [1.807, 2.05) is 0 Å². The molecule has 0 atom stereocenters. The van der Waals surface area contributed by atoms with Crippen LogP contribution in [-0.4, -0.2) is 44.5 Å². The van der Waals surface area contributed by atoms with Crippen LogP contribution in [0.25, 0.3) is 0 Å². The molecule has 1 N–H and O–H groups in total. The average molecular weight is 412 g/mol. The molecule has 3 amide bonds. The van der Waals surface area contributed by atoms with Crippen molar-refractivity contribution in [3.05, 3.63) is 48.0 Å². The van der Waals surface area contributed by atoms with Gasteiger partial charge in [-0.1, -0.05) is 0 Å². The summed E-state index contributed by atoms with van der Waals surface area (Å²) in [7, 11) is 2.96. The largest absolute Gasteiger partial charge is 0.497 e. The summed E-state index contributed by atoms with van der Waals surface area (Å²) < 4.78 is 15.3. The minimum Gasteiger partial charge on any atom is -0.497 e. The van der Waals surface area contributed by atoms with E-state index in [9.17, 15) is 19.2 Å². The molecule has 1 fully saturated rings. The minimum absolute atomic E-state index is 0.176. The van der Waals surface area contributed by atoms with Crippen LogP contribution >= 0.6 is 0 Å². The molecule has 9 heteroatoms. The van der Waals surface area contributed by atoms with Gasteiger partial charge in [0.05, 0.1) is 31.2 Å². The lowest BCUT2D eigenvalue weighted by molar-refractivity contribution is -0.121. The third-order valence-electron chi connectivity index (χ3n) is 4.43. The van der Waals surface area contributed by atoms with Gasteiger partial charge in [0.15, 0.2) is 6.61 Å². The number of rotatable bonds is 7. The summed E-state index contributed by atoms with van der Waals surface area (Å²) in [6.07, 6.45) is 0.353. The third-order valence-corrected chi connectivity index (χ3v) is 4.43. The van der Waals surface area contributed by atoms with Gasteiger partial charge in [-0.15, -0.1) is 0 Å². The first kappa shape index (κ1) is 20.8. The second-order valence-electron chi connectivity index (χ2n) is 6.36. The van der Waals surface area contributed by atoms with Crippen molar-refractivity contribution in [3.8, 4) is 11.5 Å². The number of hydrogen-bond acceptors (Lipinski definition) is 7. The molecule has 1 saturated heterocycles. The Bertz CT molecular complexity index is 969. The summed E-state index contributed by atoms with van der Waals surface area (Å²) in [6.45, 7) is -0.510. The molecule has 0 bridgehead atoms. The van der Waals surface area contributed by atoms with Gasteiger partial charge >= 0.3 is 5.97 Å². The molecule has 1 heterocycles. The minimum atomic E-state index is -0.714. The van der Waals surface area contributed by atoms with E-state index in [-0.39, 0.29) is 30.2 Å². The number of nitrogens with one attached hydrogen (secondary N) is 1. The molecule has 2 aromatic carbocycles. The van der Waals surface area contributed by atoms with Gasteiger partial charge < -0.3 is 19.5 Å². The molecular formula is C21H20N2O7. The molecule has 156 valence electrons. The Morgan fingerprint density at radius 3 is 2.23 bits per heavy atom. The predicted octanol–water partition coefficient (Wildman–Crippen LogP) is 2.15. The molecule has 0 saturated carbocycles. The van der Waals surface area contributed by atoms with Crippen molar-refractivity contribution in [2.75, 3.05) is 31.0 Å². The van der Waals surface area contributed by atoms with Crippen molar-refractivity contribution >= 4 is 35.1 Å². The van der Waals surface area contributed by atoms with Crippen molar-refractivity contribution in [1.29, 1.82) is 0 Å². The van der Waals surface area contributed by atoms with E-state index in [4.69, 9.17) is 14.2 Å². The Kier molecular flexibility index (Phi) is 6.31. The molecule has 2 aromatic rings. The smallest absolute Gasteiger partial charge is 0.338 e. The summed E-state index contributed by atoms with van der Waals surface area (Å²) in [6, 6.07) is 10.7. The number of nitrogens with zero attached hydrogens (tertiary/aromatic N) is 1. The highest BCUT2D eigenvalue weighted by Crippen LogP contribution is 2.29. The highest BCUT2D eigenvalue weighted by molar-refractivity contribution is 6.19. The van der Waals surface area contributed by atoms with Crippen molar-refractivity contribution in [1.82, 2.24) is 0 Å². The summed E-state index contributed by atoms with van der Waals surface area (Å²) in [4.78, 5) is 49.0. The van der Waals surface area contributed by atoms with Crippen molar-refractivity contribution in [2.24, 2.45) is 0 Å². The van der Waals surface area contributed by atoms with Crippen LogP contribution in [0.3, 0.4) is 0 Å². The number of hydrogen-bond donors (Lipinski definition) is 1. The van der Waals surface area contributed by atoms with Crippen LogP contribution in [0.1, 0.15) is 23.2 Å². The van der Waals surface area contributed by atoms with Crippen LogP contribution in [0.15, 0.2) is 42.5 Å². The Morgan fingerprint density at radius 2 is 1.63 bits per heavy atom. The molecule has 0 unspecified atom stereocenters. The molecule has 0 radical (unpaired) electrons. The predicted molar refractivity (Wildman–Crippen MR) is 107 cm³/mol. The van der Waals surface area contributed by atoms with Gasteiger partial charge in [0.25, 0.3) is 5.91 Å². The van der Waals surface area contributed by atoms with Gasteiger partial charge in [0.1, 0.15) is 11.5 Å². The van der Waals surface area contributed by atoms with Crippen LogP contribution in [0, 0.1) is 0 Å². The van der Waals surface area contributed by atoms with Gasteiger partial charge in [-0.05, 0) is 36.4 Å². The normalized spacial score (nSPS) is 13.2. The van der Waals surface area contributed by atoms with E-state index in [1.165, 1.54) is 38.5 Å². The first-order chi connectivity index (χ1) is 14.4. The van der Waals surface area contributed by atoms with Crippen molar-refractivity contribution in [2.45, 2.75) is 12.8 Å². The number of anilines is 2. The average Bonchev–Trinajstić information content (AvgIpc) is 3.10. The highest BCUT2D eigenvalue weighted by atomic mass is 16.5. The van der Waals surface area contributed by atoms with Gasteiger partial charge in [-0.2, -0.15) is 0 Å². The number of imide groups is 1. The van der Waals surface area contributed by atoms with Crippen molar-refractivity contribution in [3.63, 3.8) is 0 Å². The van der Waals surface area contributed by atoms with Gasteiger partial charge in [0, 0.05) is 18.9 Å². The number of benzene rings is 2. The fourth-order valence-corrected chi connectivity index (χ4v) is 2.92. The van der Waals surface area contributed by atoms with Crippen LogP contribution in [0.4, 0.5) is 11.4 Å². The Labute approximate surface area is 172 Å². The maximum Gasteiger partial charge on any atom is 0.338 e. The molecule has 0 spiro atoms. The Balaban J connectivity index is 1.58. The van der Waals surface area contributed by atoms with Crippen molar-refractivity contribution < 1.29 is 33.4 Å². The van der Waals surface area contributed by atoms with Crippen LogP contribution in [0.5, 0.6) is 11.5 Å². The SMILES string of the molecule is COc1ccc(OC)c(NC(=O)COC(=O)c2ccc(N3C(=O)CCC3=O)cc2)c1. The van der Waals surface area contributed by atoms with Crippen LogP contribution in [-0.2, 0) is 19.1 Å². The molecule has 1 aliphatic rings. The van der Waals surface area contributed by atoms with Crippen LogP contribution in [0.2, 0.25) is 0 Å². The molecule has 0 aliphatic carbocycles. The first-order valence-electron chi connectivity index (χ1n) is 9.07. The lowest BCUT2D eigenvalue weighted by Gasteiger charge is -2.14. The first-order valence-corrected chi connectivity index (χ1v) is 9.07. The fourth-order valence-electron chi connectivity index (χ4n) is 2.92. The van der Waals surface area contributed by atoms with E-state index in [1.54, 1.807) is 18.2 Å². The topological polar surface area (TPSA) is 111 Å². The molecular weight excluding hydrogens is 392 g/mol. The maximum absolute atomic E-state index is 12.2. The standard InChI is InChI=1S/C21H20N2O7/c1-28-15-7-8-17(29-2)16(11-15)22-18(24)12-30-21(27)13-3-5-14(6-4-13)23-19(25)9-10-20(23)26/h3-8,11H,9-10,12H2,1-2H3,(H,22,24). The zero-order chi connectivity index (χ0) is 21.7. The number of carbonyl (C=O) groups excluding carboxylic acids is 4. The quantitative estimate of drug-likeness (QED) is 0.548. The second kappa shape index (κ2) is 9.08. The number of amides is 3. The number of methoxy groups -OCH3 is 2. The van der Waals surface area contributed by atoms with E-state index in [2.05, 4.69) is 5.32 Å². The van der Waals surface area contributed by atoms with E-state index in [0.29, 0.717) is 22.9 Å². The number of esters is 1. The summed E-state index contributed by atoms with van der Waals surface area (Å²) in [5, 5.41) is 2.60. The van der Waals surface area contributed by atoms with Gasteiger partial charge in [-0.25, -0.2) is 4.79 Å². The molecule has 0 aromatic heterocycles. The maximum atomic E-state index is 12.2. The Morgan fingerprint density at radius 1 is 0.967 bits per heavy atom. The summed E-state index contributed by atoms with van der Waals surface area (Å²) in [5.74, 6) is -0.872. The lowest BCUT2D eigenvalue weighted by Crippen LogP contribution is -2.28. The Hall–Kier alpha value is -3.88. The monoisotopic (exact) mass is 412 g/mol. The highest BCUT2D eigenvalue weighted by Gasteiger charge is 2.30. The summed E-state index contributed by atoms with van der Waals surface area (Å²) in [5.41, 5.74) is 0.953. The molecule has 1 aliphatic heterocycles. The zero-order valence-electron chi connectivity index (χ0n) is 16.5. The molecule has 30 heavy (non-hydrogen) atoms. The van der Waals surface area contributed by atoms with E-state index < -0.39 is 18.5 Å². The van der Waals surface area contributed by atoms with Gasteiger partial charge in [0.2, 0.25) is 11.8 Å².